The van der Waals surface area contributed by atoms with Crippen LogP contribution in [0.15, 0.2) is 24.3 Å². The molecule has 1 aromatic rings. The first-order chi connectivity index (χ1) is 7.54. The van der Waals surface area contributed by atoms with Gasteiger partial charge in [-0.1, -0.05) is 24.3 Å². The molecule has 1 atom stereocenters. The number of alkyl halides is 2. The van der Waals surface area contributed by atoms with Crippen molar-refractivity contribution in [1.82, 2.24) is 0 Å². The smallest absolute Gasteiger partial charge is 0.307 e. The fourth-order valence-corrected chi connectivity index (χ4v) is 1.27. The molecular weight excluding hydrogens is 216 g/mol. The summed E-state index contributed by atoms with van der Waals surface area (Å²) in [5.74, 6) is -0.426. The third-order valence-corrected chi connectivity index (χ3v) is 2.23. The van der Waals surface area contributed by atoms with E-state index in [1.807, 2.05) is 0 Å². The number of esters is 1. The Morgan fingerprint density at radius 3 is 2.25 bits per heavy atom. The van der Waals surface area contributed by atoms with Crippen molar-refractivity contribution < 1.29 is 18.3 Å². The molecule has 0 aliphatic rings. The van der Waals surface area contributed by atoms with Crippen LogP contribution in [0.1, 0.15) is 30.0 Å². The van der Waals surface area contributed by atoms with Crippen LogP contribution in [0, 0.1) is 0 Å². The predicted molar refractivity (Wildman–Crippen MR) is 55.0 cm³/mol. The van der Waals surface area contributed by atoms with Crippen LogP contribution in [0.5, 0.6) is 0 Å². The van der Waals surface area contributed by atoms with Gasteiger partial charge < -0.3 is 10.5 Å². The normalized spacial score (nSPS) is 12.6. The van der Waals surface area contributed by atoms with E-state index in [0.717, 1.165) is 0 Å². The second kappa shape index (κ2) is 5.55. The minimum Gasteiger partial charge on any atom is -0.469 e. The molecule has 5 heteroatoms. The Kier molecular flexibility index (Phi) is 4.37. The molecule has 88 valence electrons. The quantitative estimate of drug-likeness (QED) is 0.805. The molecule has 0 aliphatic heterocycles. The molecule has 0 aliphatic carbocycles. The average molecular weight is 229 g/mol. The summed E-state index contributed by atoms with van der Waals surface area (Å²) < 4.78 is 29.0. The van der Waals surface area contributed by atoms with E-state index in [2.05, 4.69) is 4.74 Å². The lowest BCUT2D eigenvalue weighted by molar-refractivity contribution is -0.141. The van der Waals surface area contributed by atoms with Gasteiger partial charge in [-0.25, -0.2) is 8.78 Å². The zero-order chi connectivity index (χ0) is 12.1. The first kappa shape index (κ1) is 12.6. The highest BCUT2D eigenvalue weighted by Gasteiger charge is 2.13. The van der Waals surface area contributed by atoms with Crippen LogP contribution in [0.4, 0.5) is 8.78 Å². The van der Waals surface area contributed by atoms with Crippen LogP contribution < -0.4 is 5.73 Å². The van der Waals surface area contributed by atoms with Gasteiger partial charge in [0, 0.05) is 11.6 Å². The number of hydrogen-bond acceptors (Lipinski definition) is 3. The number of hydrogen-bond donors (Lipinski definition) is 1. The molecule has 0 amide bonds. The number of carbonyl (C=O) groups is 1. The third-order valence-electron chi connectivity index (χ3n) is 2.23. The summed E-state index contributed by atoms with van der Waals surface area (Å²) in [5.41, 5.74) is 6.28. The van der Waals surface area contributed by atoms with E-state index in [1.54, 1.807) is 0 Å². The molecule has 0 unspecified atom stereocenters. The van der Waals surface area contributed by atoms with Crippen molar-refractivity contribution in [3.8, 4) is 0 Å². The van der Waals surface area contributed by atoms with Crippen molar-refractivity contribution in [3.05, 3.63) is 35.4 Å². The zero-order valence-electron chi connectivity index (χ0n) is 8.82. The topological polar surface area (TPSA) is 52.3 Å². The summed E-state index contributed by atoms with van der Waals surface area (Å²) >= 11 is 0. The number of benzene rings is 1. The second-order valence-electron chi connectivity index (χ2n) is 3.35. The van der Waals surface area contributed by atoms with Crippen molar-refractivity contribution in [1.29, 1.82) is 0 Å². The maximum Gasteiger partial charge on any atom is 0.307 e. The van der Waals surface area contributed by atoms with Crippen molar-refractivity contribution in [2.75, 3.05) is 7.11 Å². The molecule has 1 aromatic carbocycles. The molecule has 0 fully saturated rings. The van der Waals surface area contributed by atoms with Gasteiger partial charge >= 0.3 is 5.97 Å². The molecule has 0 bridgehead atoms. The van der Waals surface area contributed by atoms with E-state index in [-0.39, 0.29) is 12.0 Å². The van der Waals surface area contributed by atoms with Crippen LogP contribution >= 0.6 is 0 Å². The Hall–Kier alpha value is -1.49. The van der Waals surface area contributed by atoms with Crippen LogP contribution in [0.25, 0.3) is 0 Å². The lowest BCUT2D eigenvalue weighted by Gasteiger charge is -2.11. The van der Waals surface area contributed by atoms with Crippen LogP contribution in [-0.4, -0.2) is 13.1 Å². The third kappa shape index (κ3) is 3.27. The molecule has 0 saturated heterocycles. The monoisotopic (exact) mass is 229 g/mol. The summed E-state index contributed by atoms with van der Waals surface area (Å²) in [5, 5.41) is 0. The van der Waals surface area contributed by atoms with E-state index in [1.165, 1.54) is 31.4 Å². The van der Waals surface area contributed by atoms with E-state index in [4.69, 9.17) is 5.73 Å². The number of halogens is 2. The van der Waals surface area contributed by atoms with Crippen molar-refractivity contribution in [2.24, 2.45) is 5.73 Å². The van der Waals surface area contributed by atoms with Crippen LogP contribution in [0.2, 0.25) is 0 Å². The molecule has 0 spiro atoms. The Morgan fingerprint density at radius 1 is 1.31 bits per heavy atom. The summed E-state index contributed by atoms with van der Waals surface area (Å²) in [4.78, 5) is 10.9. The number of carbonyl (C=O) groups excluding carboxylic acids is 1. The van der Waals surface area contributed by atoms with E-state index < -0.39 is 18.4 Å². The Morgan fingerprint density at radius 2 is 1.81 bits per heavy atom. The molecular formula is C11H13F2NO2. The maximum atomic E-state index is 12.3. The number of ether oxygens (including phenoxy) is 1. The Labute approximate surface area is 92.2 Å². The lowest BCUT2D eigenvalue weighted by atomic mass is 10.0. The summed E-state index contributed by atoms with van der Waals surface area (Å²) in [6.45, 7) is 0. The number of nitrogens with two attached hydrogens (primary N) is 1. The fraction of sp³-hybridized carbons (Fsp3) is 0.364. The van der Waals surface area contributed by atoms with Gasteiger partial charge in [-0.3, -0.25) is 4.79 Å². The highest BCUT2D eigenvalue weighted by molar-refractivity contribution is 5.70. The molecule has 2 N–H and O–H groups in total. The van der Waals surface area contributed by atoms with Crippen LogP contribution in [0.3, 0.4) is 0 Å². The van der Waals surface area contributed by atoms with Gasteiger partial charge in [0.2, 0.25) is 0 Å². The molecule has 1 rings (SSSR count). The van der Waals surface area contributed by atoms with Crippen molar-refractivity contribution in [3.63, 3.8) is 0 Å². The highest BCUT2D eigenvalue weighted by Crippen LogP contribution is 2.21. The molecule has 0 radical (unpaired) electrons. The number of rotatable bonds is 4. The first-order valence-corrected chi connectivity index (χ1v) is 4.75. The lowest BCUT2D eigenvalue weighted by Crippen LogP contribution is -2.16. The minimum absolute atomic E-state index is 0.0323. The molecule has 3 nitrogen and oxygen atoms in total. The van der Waals surface area contributed by atoms with Crippen molar-refractivity contribution in [2.45, 2.75) is 18.9 Å². The largest absolute Gasteiger partial charge is 0.469 e. The Balaban J connectivity index is 2.70. The summed E-state index contributed by atoms with van der Waals surface area (Å²) in [6.07, 6.45) is -2.46. The van der Waals surface area contributed by atoms with E-state index >= 15 is 0 Å². The highest BCUT2D eigenvalue weighted by atomic mass is 19.3. The van der Waals surface area contributed by atoms with Crippen molar-refractivity contribution >= 4 is 5.97 Å². The summed E-state index contributed by atoms with van der Waals surface area (Å²) in [7, 11) is 1.27. The summed E-state index contributed by atoms with van der Waals surface area (Å²) in [6, 6.07) is 5.07. The molecule has 0 saturated carbocycles. The van der Waals surface area contributed by atoms with Gasteiger partial charge in [0.1, 0.15) is 0 Å². The van der Waals surface area contributed by atoms with E-state index in [0.29, 0.717) is 5.56 Å². The predicted octanol–water partition coefficient (Wildman–Crippen LogP) is 2.19. The molecule has 0 aromatic heterocycles. The number of methoxy groups -OCH3 is 1. The maximum absolute atomic E-state index is 12.3. The fourth-order valence-electron chi connectivity index (χ4n) is 1.27. The van der Waals surface area contributed by atoms with Gasteiger partial charge in [-0.2, -0.15) is 0 Å². The van der Waals surface area contributed by atoms with Gasteiger partial charge in [-0.15, -0.1) is 0 Å². The van der Waals surface area contributed by atoms with Gasteiger partial charge in [-0.05, 0) is 5.56 Å². The SMILES string of the molecule is COC(=O)C[C@@H](N)c1ccc(C(F)F)cc1. The van der Waals surface area contributed by atoms with Gasteiger partial charge in [0.05, 0.1) is 13.5 Å². The average Bonchev–Trinajstić information content (AvgIpc) is 2.28. The molecule has 0 heterocycles. The molecule has 16 heavy (non-hydrogen) atoms. The minimum atomic E-state index is -2.49. The Bertz CT molecular complexity index is 352. The van der Waals surface area contributed by atoms with Crippen LogP contribution in [-0.2, 0) is 9.53 Å². The van der Waals surface area contributed by atoms with Gasteiger partial charge in [0.15, 0.2) is 0 Å². The first-order valence-electron chi connectivity index (χ1n) is 4.75. The van der Waals surface area contributed by atoms with E-state index in [9.17, 15) is 13.6 Å². The standard InChI is InChI=1S/C11H13F2NO2/c1-16-10(15)6-9(14)7-2-4-8(5-3-7)11(12)13/h2-5,9,11H,6,14H2,1H3/t9-/m1/s1. The zero-order valence-corrected chi connectivity index (χ0v) is 8.82. The second-order valence-corrected chi connectivity index (χ2v) is 3.35. The van der Waals surface area contributed by atoms with Gasteiger partial charge in [0.25, 0.3) is 6.43 Å².